The van der Waals surface area contributed by atoms with E-state index >= 15 is 0 Å². The van der Waals surface area contributed by atoms with Gasteiger partial charge in [-0.3, -0.25) is 19.3 Å². The van der Waals surface area contributed by atoms with Gasteiger partial charge >= 0.3 is 0 Å². The molecule has 10 heteroatoms. The van der Waals surface area contributed by atoms with Gasteiger partial charge in [-0.05, 0) is 61.0 Å². The number of halogens is 1. The fourth-order valence-electron chi connectivity index (χ4n) is 4.10. The van der Waals surface area contributed by atoms with E-state index in [2.05, 4.69) is 4.90 Å². The third-order valence-electron chi connectivity index (χ3n) is 6.36. The van der Waals surface area contributed by atoms with Crippen molar-refractivity contribution in [3.8, 4) is 11.5 Å². The highest BCUT2D eigenvalue weighted by Crippen LogP contribution is 2.39. The Labute approximate surface area is 226 Å². The van der Waals surface area contributed by atoms with E-state index in [9.17, 15) is 14.4 Å². The third-order valence-corrected chi connectivity index (χ3v) is 7.55. The summed E-state index contributed by atoms with van der Waals surface area (Å²) in [5.74, 6) is 0.124. The number of imide groups is 1. The predicted octanol–water partition coefficient (Wildman–Crippen LogP) is 4.91. The molecule has 0 spiro atoms. The van der Waals surface area contributed by atoms with Gasteiger partial charge in [0.1, 0.15) is 6.54 Å². The number of ether oxygens (including phenoxy) is 2. The monoisotopic (exact) mass is 543 g/mol. The van der Waals surface area contributed by atoms with Gasteiger partial charge in [-0.2, -0.15) is 0 Å². The standard InChI is InChI=1S/C27H30ClN3O5S/c1-4-18(2)36-25-21(28)14-19(15-22(25)35-3)16-23-26(33)31(27(34)37-23)17-24(32)30-12-10-29(11-13-30)20-8-6-5-7-9-20/h5-9,14-16,18H,4,10-13,17H2,1-3H3/b23-16+/t18-/m0/s1. The molecular formula is C27H30ClN3O5S. The Kier molecular flexibility index (Phi) is 8.66. The highest BCUT2D eigenvalue weighted by atomic mass is 35.5. The molecule has 0 bridgehead atoms. The van der Waals surface area contributed by atoms with Crippen molar-refractivity contribution in [1.29, 1.82) is 0 Å². The minimum absolute atomic E-state index is 0.0485. The van der Waals surface area contributed by atoms with Crippen LogP contribution in [0.3, 0.4) is 0 Å². The maximum Gasteiger partial charge on any atom is 0.294 e. The molecule has 2 saturated heterocycles. The minimum atomic E-state index is -0.499. The molecule has 3 amide bonds. The van der Waals surface area contributed by atoms with E-state index in [0.29, 0.717) is 48.3 Å². The number of methoxy groups -OCH3 is 1. The lowest BCUT2D eigenvalue weighted by atomic mass is 10.1. The summed E-state index contributed by atoms with van der Waals surface area (Å²) in [4.78, 5) is 43.7. The van der Waals surface area contributed by atoms with Crippen LogP contribution in [0.25, 0.3) is 6.08 Å². The summed E-state index contributed by atoms with van der Waals surface area (Å²) in [6, 6.07) is 13.4. The summed E-state index contributed by atoms with van der Waals surface area (Å²) in [5.41, 5.74) is 1.70. The van der Waals surface area contributed by atoms with Gasteiger partial charge in [0.25, 0.3) is 11.1 Å². The maximum absolute atomic E-state index is 13.0. The summed E-state index contributed by atoms with van der Waals surface area (Å²) in [7, 11) is 1.51. The molecule has 0 aromatic heterocycles. The fourth-order valence-corrected chi connectivity index (χ4v) is 5.20. The van der Waals surface area contributed by atoms with Crippen molar-refractivity contribution in [3.63, 3.8) is 0 Å². The van der Waals surface area contributed by atoms with Crippen molar-refractivity contribution in [1.82, 2.24) is 9.80 Å². The van der Waals surface area contributed by atoms with E-state index in [0.717, 1.165) is 28.8 Å². The lowest BCUT2D eigenvalue weighted by Gasteiger charge is -2.36. The highest BCUT2D eigenvalue weighted by molar-refractivity contribution is 8.18. The predicted molar refractivity (Wildman–Crippen MR) is 146 cm³/mol. The first-order valence-electron chi connectivity index (χ1n) is 12.2. The average Bonchev–Trinajstić information content (AvgIpc) is 3.17. The highest BCUT2D eigenvalue weighted by Gasteiger charge is 2.37. The summed E-state index contributed by atoms with van der Waals surface area (Å²) >= 11 is 7.25. The van der Waals surface area contributed by atoms with Gasteiger partial charge in [-0.1, -0.05) is 36.7 Å². The molecule has 2 aliphatic rings. The number of rotatable bonds is 8. The third kappa shape index (κ3) is 6.22. The molecule has 2 aromatic rings. The number of carbonyl (C=O) groups is 3. The molecule has 8 nitrogen and oxygen atoms in total. The summed E-state index contributed by atoms with van der Waals surface area (Å²) in [6.07, 6.45) is 2.33. The number of thioether (sulfide) groups is 1. The van der Waals surface area contributed by atoms with Crippen LogP contribution in [0, 0.1) is 0 Å². The van der Waals surface area contributed by atoms with E-state index in [4.69, 9.17) is 21.1 Å². The molecule has 37 heavy (non-hydrogen) atoms. The van der Waals surface area contributed by atoms with E-state index in [-0.39, 0.29) is 23.5 Å². The lowest BCUT2D eigenvalue weighted by molar-refractivity contribution is -0.136. The molecule has 1 atom stereocenters. The molecule has 2 heterocycles. The van der Waals surface area contributed by atoms with Crippen molar-refractivity contribution in [2.24, 2.45) is 0 Å². The Morgan fingerprint density at radius 3 is 2.49 bits per heavy atom. The van der Waals surface area contributed by atoms with Crippen molar-refractivity contribution >= 4 is 52.2 Å². The first-order valence-corrected chi connectivity index (χ1v) is 13.4. The van der Waals surface area contributed by atoms with Crippen LogP contribution in [0.15, 0.2) is 47.4 Å². The Hall–Kier alpha value is -3.17. The molecule has 0 saturated carbocycles. The van der Waals surface area contributed by atoms with Crippen LogP contribution < -0.4 is 14.4 Å². The van der Waals surface area contributed by atoms with E-state index in [1.807, 2.05) is 44.2 Å². The number of piperazine rings is 1. The number of amides is 3. The smallest absolute Gasteiger partial charge is 0.294 e. The molecule has 0 radical (unpaired) electrons. The topological polar surface area (TPSA) is 79.4 Å². The van der Waals surface area contributed by atoms with Gasteiger partial charge < -0.3 is 19.3 Å². The van der Waals surface area contributed by atoms with Gasteiger partial charge in [0.15, 0.2) is 11.5 Å². The van der Waals surface area contributed by atoms with Crippen molar-refractivity contribution in [2.75, 3.05) is 44.7 Å². The van der Waals surface area contributed by atoms with Crippen LogP contribution in [0.4, 0.5) is 10.5 Å². The zero-order valence-electron chi connectivity index (χ0n) is 21.1. The van der Waals surface area contributed by atoms with E-state index in [1.165, 1.54) is 7.11 Å². The van der Waals surface area contributed by atoms with Crippen molar-refractivity contribution in [3.05, 3.63) is 58.0 Å². The SMILES string of the molecule is CC[C@H](C)Oc1c(Cl)cc(/C=C2/SC(=O)N(CC(=O)N3CCN(c4ccccc4)CC3)C2=O)cc1OC. The molecule has 0 N–H and O–H groups in total. The zero-order chi connectivity index (χ0) is 26.5. The molecule has 2 aliphatic heterocycles. The summed E-state index contributed by atoms with van der Waals surface area (Å²) < 4.78 is 11.3. The van der Waals surface area contributed by atoms with Crippen LogP contribution >= 0.6 is 23.4 Å². The number of hydrogen-bond acceptors (Lipinski definition) is 7. The average molecular weight is 544 g/mol. The maximum atomic E-state index is 13.0. The van der Waals surface area contributed by atoms with E-state index < -0.39 is 11.1 Å². The summed E-state index contributed by atoms with van der Waals surface area (Å²) in [6.45, 7) is 6.11. The van der Waals surface area contributed by atoms with Crippen LogP contribution in [-0.4, -0.2) is 72.8 Å². The lowest BCUT2D eigenvalue weighted by Crippen LogP contribution is -2.51. The second-order valence-electron chi connectivity index (χ2n) is 8.84. The minimum Gasteiger partial charge on any atom is -0.493 e. The number of carbonyl (C=O) groups excluding carboxylic acids is 3. The summed E-state index contributed by atoms with van der Waals surface area (Å²) in [5, 5.41) is -0.128. The number of benzene rings is 2. The largest absolute Gasteiger partial charge is 0.493 e. The first kappa shape index (κ1) is 26.9. The van der Waals surface area contributed by atoms with Crippen molar-refractivity contribution < 1.29 is 23.9 Å². The van der Waals surface area contributed by atoms with Crippen LogP contribution in [0.5, 0.6) is 11.5 Å². The zero-order valence-corrected chi connectivity index (χ0v) is 22.7. The normalized spacial score (nSPS) is 17.9. The van der Waals surface area contributed by atoms with Crippen molar-refractivity contribution in [2.45, 2.75) is 26.4 Å². The first-order chi connectivity index (χ1) is 17.8. The van der Waals surface area contributed by atoms with Crippen LogP contribution in [0.2, 0.25) is 5.02 Å². The molecule has 0 aliphatic carbocycles. The number of hydrogen-bond donors (Lipinski definition) is 0. The molecule has 4 rings (SSSR count). The van der Waals surface area contributed by atoms with Gasteiger partial charge in [-0.25, -0.2) is 0 Å². The van der Waals surface area contributed by atoms with Crippen LogP contribution in [0.1, 0.15) is 25.8 Å². The molecule has 0 unspecified atom stereocenters. The van der Waals surface area contributed by atoms with Gasteiger partial charge in [0.2, 0.25) is 5.91 Å². The van der Waals surface area contributed by atoms with Gasteiger partial charge in [0, 0.05) is 31.9 Å². The number of anilines is 1. The molecule has 2 aromatic carbocycles. The molecule has 2 fully saturated rings. The van der Waals surface area contributed by atoms with E-state index in [1.54, 1.807) is 23.1 Å². The molecular weight excluding hydrogens is 514 g/mol. The quantitative estimate of drug-likeness (QED) is 0.438. The fraction of sp³-hybridized carbons (Fsp3) is 0.370. The van der Waals surface area contributed by atoms with Gasteiger partial charge in [0.05, 0.1) is 23.1 Å². The Morgan fingerprint density at radius 2 is 1.84 bits per heavy atom. The number of nitrogens with zero attached hydrogens (tertiary/aromatic N) is 3. The Balaban J connectivity index is 1.41. The van der Waals surface area contributed by atoms with Gasteiger partial charge in [-0.15, -0.1) is 0 Å². The molecule has 196 valence electrons. The number of para-hydroxylation sites is 1. The van der Waals surface area contributed by atoms with Crippen LogP contribution in [-0.2, 0) is 9.59 Å². The second kappa shape index (κ2) is 11.9. The Bertz CT molecular complexity index is 1200. The second-order valence-corrected chi connectivity index (χ2v) is 10.2. The Morgan fingerprint density at radius 1 is 1.14 bits per heavy atom.